The van der Waals surface area contributed by atoms with E-state index in [-0.39, 0.29) is 32.6 Å². The summed E-state index contributed by atoms with van der Waals surface area (Å²) in [7, 11) is 0. The number of allylic oxidation sites excluding steroid dienone is 1. The molecule has 5 aromatic rings. The van der Waals surface area contributed by atoms with Crippen LogP contribution >= 0.6 is 20.7 Å². The van der Waals surface area contributed by atoms with Crippen molar-refractivity contribution in [3.05, 3.63) is 76.3 Å². The van der Waals surface area contributed by atoms with Gasteiger partial charge in [0.15, 0.2) is 11.5 Å². The van der Waals surface area contributed by atoms with Crippen molar-refractivity contribution in [2.45, 2.75) is 12.8 Å². The van der Waals surface area contributed by atoms with E-state index in [9.17, 15) is 4.79 Å². The SMILES string of the molecule is O=C(Nc1cncc(-c2cnc3n[nH]c(-c4nc5c([nH]4)I=CC=C5c4cccnc4)c3c2)c1)C1CC1. The van der Waals surface area contributed by atoms with Gasteiger partial charge in [-0.05, 0) is 41.1 Å². The lowest BCUT2D eigenvalue weighted by Crippen LogP contribution is -2.13. The van der Waals surface area contributed by atoms with Crippen molar-refractivity contribution in [1.29, 1.82) is 0 Å². The molecule has 2 aliphatic rings. The molecule has 0 spiro atoms. The first-order valence-corrected chi connectivity index (χ1v) is 13.8. The van der Waals surface area contributed by atoms with E-state index in [4.69, 9.17) is 4.98 Å². The number of halogens is 1. The molecular weight excluding hydrogens is 567 g/mol. The molecule has 0 atom stereocenters. The standard InChI is InChI=1S/C26H19IN8O/c36-26(14-3-4-14)31-18-8-16(11-29-13-18)17-9-20-22(34-35-24(20)30-12-17)25-32-21-19(5-6-27-23(21)33-25)15-2-1-7-28-10-15/h1-2,5-14H,3-4H2,(H,31,36)(H,32,33)(H,30,34,35). The molecule has 0 unspecified atom stereocenters. The van der Waals surface area contributed by atoms with Crippen LogP contribution in [0.2, 0.25) is 0 Å². The highest BCUT2D eigenvalue weighted by Crippen LogP contribution is 2.35. The van der Waals surface area contributed by atoms with Gasteiger partial charge in [0.1, 0.15) is 11.4 Å². The van der Waals surface area contributed by atoms with Crippen LogP contribution in [0.4, 0.5) is 5.69 Å². The summed E-state index contributed by atoms with van der Waals surface area (Å²) in [5, 5.41) is 11.3. The third-order valence-electron chi connectivity index (χ3n) is 6.22. The minimum absolute atomic E-state index is 0.0567. The largest absolute Gasteiger partial charge is 0.332 e. The van der Waals surface area contributed by atoms with Crippen LogP contribution in [0.1, 0.15) is 24.1 Å². The van der Waals surface area contributed by atoms with Gasteiger partial charge >= 0.3 is 0 Å². The number of imidazole rings is 1. The number of aromatic amines is 2. The van der Waals surface area contributed by atoms with Crippen LogP contribution in [-0.4, -0.2) is 45.0 Å². The number of amides is 1. The van der Waals surface area contributed by atoms with Gasteiger partial charge in [-0.25, -0.2) is 9.97 Å². The van der Waals surface area contributed by atoms with Crippen LogP contribution in [0.3, 0.4) is 0 Å². The Kier molecular flexibility index (Phi) is 5.05. The molecule has 7 rings (SSSR count). The number of H-pyrrole nitrogens is 2. The number of nitrogens with one attached hydrogen (secondary N) is 3. The number of carbonyl (C=O) groups excluding carboxylic acids is 1. The Bertz CT molecular complexity index is 1700. The monoisotopic (exact) mass is 586 g/mol. The van der Waals surface area contributed by atoms with E-state index in [0.717, 1.165) is 61.4 Å². The molecule has 0 bridgehead atoms. The van der Waals surface area contributed by atoms with Crippen LogP contribution in [0.5, 0.6) is 0 Å². The lowest BCUT2D eigenvalue weighted by Gasteiger charge is -2.07. The Morgan fingerprint density at radius 3 is 2.81 bits per heavy atom. The second-order valence-electron chi connectivity index (χ2n) is 8.72. The van der Waals surface area contributed by atoms with Gasteiger partial charge in [0.2, 0.25) is 5.91 Å². The predicted molar refractivity (Wildman–Crippen MR) is 146 cm³/mol. The Morgan fingerprint density at radius 2 is 1.94 bits per heavy atom. The van der Waals surface area contributed by atoms with Crippen molar-refractivity contribution in [1.82, 2.24) is 35.1 Å². The summed E-state index contributed by atoms with van der Waals surface area (Å²) in [6.07, 6.45) is 12.9. The molecule has 36 heavy (non-hydrogen) atoms. The zero-order valence-electron chi connectivity index (χ0n) is 18.9. The summed E-state index contributed by atoms with van der Waals surface area (Å²) in [5.41, 5.74) is 6.89. The van der Waals surface area contributed by atoms with Crippen LogP contribution in [0.25, 0.3) is 39.3 Å². The van der Waals surface area contributed by atoms with E-state index in [0.29, 0.717) is 11.3 Å². The van der Waals surface area contributed by atoms with Crippen molar-refractivity contribution < 1.29 is 4.79 Å². The molecule has 10 heteroatoms. The predicted octanol–water partition coefficient (Wildman–Crippen LogP) is 4.54. The number of carbonyl (C=O) groups is 1. The van der Waals surface area contributed by atoms with E-state index < -0.39 is 0 Å². The third-order valence-corrected chi connectivity index (χ3v) is 8.35. The lowest BCUT2D eigenvalue weighted by molar-refractivity contribution is -0.117. The van der Waals surface area contributed by atoms with E-state index >= 15 is 0 Å². The van der Waals surface area contributed by atoms with Crippen molar-refractivity contribution in [3.8, 4) is 22.6 Å². The first-order valence-electron chi connectivity index (χ1n) is 11.5. The summed E-state index contributed by atoms with van der Waals surface area (Å²) >= 11 is -0.312. The molecule has 6 heterocycles. The second kappa shape index (κ2) is 8.55. The molecule has 5 aromatic heterocycles. The zero-order chi connectivity index (χ0) is 24.1. The van der Waals surface area contributed by atoms with E-state index in [2.05, 4.69) is 45.5 Å². The molecule has 0 saturated heterocycles. The van der Waals surface area contributed by atoms with E-state index in [1.54, 1.807) is 24.8 Å². The Morgan fingerprint density at radius 1 is 1.06 bits per heavy atom. The topological polar surface area (TPSA) is 125 Å². The van der Waals surface area contributed by atoms with E-state index in [1.807, 2.05) is 30.5 Å². The Labute approximate surface area is 215 Å². The number of hydrogen-bond acceptors (Lipinski definition) is 6. The lowest BCUT2D eigenvalue weighted by atomic mass is 10.1. The molecule has 1 saturated carbocycles. The van der Waals surface area contributed by atoms with Crippen molar-refractivity contribution >= 4 is 52.9 Å². The fourth-order valence-corrected chi connectivity index (χ4v) is 6.23. The van der Waals surface area contributed by atoms with Crippen molar-refractivity contribution in [2.24, 2.45) is 5.92 Å². The van der Waals surface area contributed by atoms with Crippen molar-refractivity contribution in [3.63, 3.8) is 0 Å². The van der Waals surface area contributed by atoms with Crippen molar-refractivity contribution in [2.75, 3.05) is 5.32 Å². The Hall–Kier alpha value is -4.06. The first-order chi connectivity index (χ1) is 17.7. The molecule has 176 valence electrons. The molecule has 1 aliphatic carbocycles. The highest BCUT2D eigenvalue weighted by Gasteiger charge is 2.29. The smallest absolute Gasteiger partial charge is 0.227 e. The summed E-state index contributed by atoms with van der Waals surface area (Å²) in [5.74, 6) is 0.920. The highest BCUT2D eigenvalue weighted by molar-refractivity contribution is 14.2. The average molecular weight is 586 g/mol. The zero-order valence-corrected chi connectivity index (χ0v) is 21.0. The number of nitrogens with zero attached hydrogens (tertiary/aromatic N) is 5. The van der Waals surface area contributed by atoms with Crippen LogP contribution < -0.4 is 5.32 Å². The molecule has 0 aromatic carbocycles. The molecule has 9 nitrogen and oxygen atoms in total. The molecular formula is C26H19IN8O. The van der Waals surface area contributed by atoms with E-state index in [1.165, 1.54) is 0 Å². The maximum Gasteiger partial charge on any atom is 0.227 e. The fourth-order valence-electron chi connectivity index (χ4n) is 4.21. The van der Waals surface area contributed by atoms with Gasteiger partial charge in [0.05, 0.1) is 21.0 Å². The second-order valence-corrected chi connectivity index (χ2v) is 11.1. The number of hydrogen-bond donors (Lipinski definition) is 3. The summed E-state index contributed by atoms with van der Waals surface area (Å²) in [6, 6.07) is 7.94. The van der Waals surface area contributed by atoms with Gasteiger partial charge < -0.3 is 10.3 Å². The summed E-state index contributed by atoms with van der Waals surface area (Å²) < 4.78 is 3.39. The molecule has 1 amide bonds. The number of fused-ring (bicyclic) bond motifs is 2. The van der Waals surface area contributed by atoms with Gasteiger partial charge in [0.25, 0.3) is 0 Å². The van der Waals surface area contributed by atoms with Gasteiger partial charge in [0, 0.05) is 53.0 Å². The molecule has 3 N–H and O–H groups in total. The van der Waals surface area contributed by atoms with Gasteiger partial charge in [-0.1, -0.05) is 26.8 Å². The van der Waals surface area contributed by atoms with Gasteiger partial charge in [-0.15, -0.1) is 0 Å². The summed E-state index contributed by atoms with van der Waals surface area (Å²) in [6.45, 7) is 0. The maximum atomic E-state index is 12.2. The summed E-state index contributed by atoms with van der Waals surface area (Å²) in [4.78, 5) is 33.8. The molecule has 1 aliphatic heterocycles. The van der Waals surface area contributed by atoms with Crippen LogP contribution in [0.15, 0.2) is 61.3 Å². The van der Waals surface area contributed by atoms with Gasteiger partial charge in [-0.2, -0.15) is 5.10 Å². The fraction of sp³-hybridized carbons (Fsp3) is 0.115. The number of aromatic nitrogens is 7. The van der Waals surface area contributed by atoms with Crippen LogP contribution in [0, 0.1) is 9.62 Å². The number of anilines is 1. The molecule has 0 radical (unpaired) electrons. The Balaban J connectivity index is 1.25. The minimum atomic E-state index is -0.312. The number of pyridine rings is 3. The normalized spacial score (nSPS) is 14.7. The van der Waals surface area contributed by atoms with Crippen LogP contribution in [-0.2, 0) is 4.79 Å². The first kappa shape index (κ1) is 21.2. The maximum absolute atomic E-state index is 12.2. The number of rotatable bonds is 5. The third kappa shape index (κ3) is 3.83. The quantitative estimate of drug-likeness (QED) is 0.260. The van der Waals surface area contributed by atoms with Gasteiger partial charge in [-0.3, -0.25) is 19.9 Å². The average Bonchev–Trinajstić information content (AvgIpc) is 3.55. The highest BCUT2D eigenvalue weighted by atomic mass is 127. The minimum Gasteiger partial charge on any atom is -0.332 e. The molecule has 1 fully saturated rings.